The zero-order valence-corrected chi connectivity index (χ0v) is 45.0. The number of urea groups is 2. The largest absolute Gasteiger partial charge is 0.495 e. The highest BCUT2D eigenvalue weighted by atomic mass is 79.9. The lowest BCUT2D eigenvalue weighted by Crippen LogP contribution is -2.41. The van der Waals surface area contributed by atoms with Crippen LogP contribution in [0.5, 0.6) is 0 Å². The van der Waals surface area contributed by atoms with Crippen molar-refractivity contribution in [3.8, 4) is 11.1 Å². The van der Waals surface area contributed by atoms with Gasteiger partial charge in [0.2, 0.25) is 0 Å². The Kier molecular flexibility index (Phi) is 14.2. The van der Waals surface area contributed by atoms with E-state index in [1.54, 1.807) is 72.8 Å². The molecule has 1 fully saturated rings. The number of rotatable bonds is 6. The molecule has 78 heavy (non-hydrogen) atoms. The van der Waals surface area contributed by atoms with E-state index in [4.69, 9.17) is 30.2 Å². The van der Waals surface area contributed by atoms with E-state index in [9.17, 15) is 38.4 Å². The first-order chi connectivity index (χ1) is 36.9. The number of nitrogens with two attached hydrogens (primary N) is 2. The molecular weight excluding hydrogens is 1060 g/mol. The van der Waals surface area contributed by atoms with Crippen molar-refractivity contribution >= 4 is 131 Å². The van der Waals surface area contributed by atoms with Crippen LogP contribution in [0, 0.1) is 0 Å². The van der Waals surface area contributed by atoms with Crippen molar-refractivity contribution in [1.82, 2.24) is 9.80 Å². The molecule has 0 spiro atoms. The standard InChI is InChI=1S/C26H19N3O5.C19H23BN2O5.C13H8BrNO2/c1-29-23(30)18-5-3-4-14-8-16(12-21(22(14)18)24(29)31)19-10-13-6-7-17(28-26(27)33)9-15(13)11-20(19)25(32)34-2;1-18(2)19(3,4)27-20(26-18)15-10-11-6-7-13(22-17(21)24)8-12(11)9-14(15)16(23)25-5;1-15-12(16)9-4-2-3-7-5-8(14)6-10(11(7)9)13(15)17/h3-12H,1-2H3,(H3,27,28,33);6-10H,1-5H3,(H3,21,22,24);2-6H,1H3. The minimum absolute atomic E-state index is 0.240. The fourth-order valence-corrected chi connectivity index (χ4v) is 10.1. The zero-order valence-electron chi connectivity index (χ0n) is 43.5. The van der Waals surface area contributed by atoms with E-state index in [1.807, 2.05) is 76.2 Å². The van der Waals surface area contributed by atoms with Crippen LogP contribution in [-0.2, 0) is 18.8 Å². The number of carbonyl (C=O) groups excluding carboxylic acids is 8. The summed E-state index contributed by atoms with van der Waals surface area (Å²) in [6.07, 6.45) is 0. The summed E-state index contributed by atoms with van der Waals surface area (Å²) in [6.45, 7) is 7.81. The molecule has 6 N–H and O–H groups in total. The second-order valence-corrected chi connectivity index (χ2v) is 20.5. The molecule has 8 aromatic carbocycles. The van der Waals surface area contributed by atoms with E-state index in [1.165, 1.54) is 28.3 Å². The number of anilines is 2. The number of ether oxygens (including phenoxy) is 2. The van der Waals surface area contributed by atoms with Gasteiger partial charge in [-0.3, -0.25) is 29.0 Å². The van der Waals surface area contributed by atoms with Gasteiger partial charge in [-0.15, -0.1) is 0 Å². The van der Waals surface area contributed by atoms with Crippen molar-refractivity contribution in [3.05, 3.63) is 159 Å². The number of hydrogen-bond donors (Lipinski definition) is 4. The van der Waals surface area contributed by atoms with E-state index in [2.05, 4.69) is 26.6 Å². The average molecular weight is 1110 g/mol. The summed E-state index contributed by atoms with van der Waals surface area (Å²) >= 11 is 3.38. The first-order valence-corrected chi connectivity index (χ1v) is 25.0. The van der Waals surface area contributed by atoms with Gasteiger partial charge in [0.15, 0.2) is 0 Å². The predicted molar refractivity (Wildman–Crippen MR) is 300 cm³/mol. The maximum atomic E-state index is 13.0. The number of esters is 2. The van der Waals surface area contributed by atoms with E-state index < -0.39 is 48.2 Å². The number of primary amides is 2. The molecule has 20 heteroatoms. The predicted octanol–water partition coefficient (Wildman–Crippen LogP) is 9.41. The van der Waals surface area contributed by atoms with Gasteiger partial charge in [0, 0.05) is 63.0 Å². The Bertz CT molecular complexity index is 3940. The van der Waals surface area contributed by atoms with Crippen LogP contribution in [0.3, 0.4) is 0 Å². The molecule has 0 atom stereocenters. The summed E-state index contributed by atoms with van der Waals surface area (Å²) in [7, 11) is 4.88. The molecule has 8 amide bonds. The summed E-state index contributed by atoms with van der Waals surface area (Å²) < 4.78 is 23.0. The number of nitrogens with one attached hydrogen (secondary N) is 2. The number of carbonyl (C=O) groups is 8. The Morgan fingerprint density at radius 2 is 0.962 bits per heavy atom. The van der Waals surface area contributed by atoms with Crippen LogP contribution in [-0.4, -0.2) is 104 Å². The number of nitrogens with zero attached hydrogens (tertiary/aromatic N) is 2. The van der Waals surface area contributed by atoms with Crippen molar-refractivity contribution in [1.29, 1.82) is 0 Å². The third-order valence-electron chi connectivity index (χ3n) is 14.2. The smallest absolute Gasteiger partial charge is 0.465 e. The van der Waals surface area contributed by atoms with Crippen LogP contribution in [0.2, 0.25) is 0 Å². The molecule has 0 saturated carbocycles. The van der Waals surface area contributed by atoms with Gasteiger partial charge in [-0.05, 0) is 155 Å². The number of benzene rings is 8. The Labute approximate surface area is 455 Å². The number of halogens is 1. The molecule has 18 nitrogen and oxygen atoms in total. The molecule has 3 aliphatic rings. The van der Waals surface area contributed by atoms with Crippen LogP contribution in [0.4, 0.5) is 21.0 Å². The van der Waals surface area contributed by atoms with Gasteiger partial charge >= 0.3 is 31.1 Å². The zero-order chi connectivity index (χ0) is 56.3. The van der Waals surface area contributed by atoms with Crippen molar-refractivity contribution in [3.63, 3.8) is 0 Å². The third kappa shape index (κ3) is 9.87. The van der Waals surface area contributed by atoms with E-state index in [0.29, 0.717) is 72.1 Å². The van der Waals surface area contributed by atoms with Crippen LogP contribution in [0.15, 0.2) is 126 Å². The Morgan fingerprint density at radius 1 is 0.513 bits per heavy atom. The van der Waals surface area contributed by atoms with E-state index in [-0.39, 0.29) is 17.7 Å². The lowest BCUT2D eigenvalue weighted by Gasteiger charge is -2.32. The Morgan fingerprint density at radius 3 is 1.46 bits per heavy atom. The minimum Gasteiger partial charge on any atom is -0.465 e. The molecule has 8 aromatic rings. The molecular formula is C58H50BBrN6O12. The van der Waals surface area contributed by atoms with Crippen LogP contribution < -0.4 is 27.6 Å². The Balaban J connectivity index is 0.000000150. The lowest BCUT2D eigenvalue weighted by atomic mass is 9.75. The van der Waals surface area contributed by atoms with Crippen molar-refractivity contribution < 1.29 is 57.1 Å². The van der Waals surface area contributed by atoms with Gasteiger partial charge in [0.25, 0.3) is 23.6 Å². The van der Waals surface area contributed by atoms with Crippen LogP contribution in [0.1, 0.15) is 89.8 Å². The number of imide groups is 2. The normalized spacial score (nSPS) is 14.9. The second-order valence-electron chi connectivity index (χ2n) is 19.6. The molecule has 394 valence electrons. The van der Waals surface area contributed by atoms with Crippen molar-refractivity contribution in [2.75, 3.05) is 38.9 Å². The van der Waals surface area contributed by atoms with E-state index in [0.717, 1.165) is 46.6 Å². The average Bonchev–Trinajstić information content (AvgIpc) is 3.74. The summed E-state index contributed by atoms with van der Waals surface area (Å²) in [5.74, 6) is -2.29. The Hall–Kier alpha value is -8.98. The summed E-state index contributed by atoms with van der Waals surface area (Å²) in [6, 6.07) is 34.2. The maximum Gasteiger partial charge on any atom is 0.495 e. The SMILES string of the molecule is CN1C(=O)c2cccc3cc(Br)cc(c23)C1=O.COC(=O)c1cc2cc(NC(N)=O)ccc2cc1-c1cc2c3c(cccc3c1)C(=O)N(C)C2=O.COC(=O)c1cc2cc(NC(N)=O)ccc2cc1B1OC(C)(C)C(C)(C)O1. The van der Waals surface area contributed by atoms with Crippen molar-refractivity contribution in [2.45, 2.75) is 38.9 Å². The topological polar surface area (TPSA) is 256 Å². The first kappa shape index (κ1) is 53.8. The van der Waals surface area contributed by atoms with Gasteiger partial charge < -0.3 is 40.9 Å². The van der Waals surface area contributed by atoms with Gasteiger partial charge in [0.05, 0.1) is 36.5 Å². The first-order valence-electron chi connectivity index (χ1n) is 24.2. The monoisotopic (exact) mass is 1110 g/mol. The summed E-state index contributed by atoms with van der Waals surface area (Å²) in [5, 5.41) is 11.1. The van der Waals surface area contributed by atoms with Crippen LogP contribution >= 0.6 is 15.9 Å². The van der Waals surface area contributed by atoms with Crippen molar-refractivity contribution in [2.24, 2.45) is 11.5 Å². The maximum absolute atomic E-state index is 13.0. The fourth-order valence-electron chi connectivity index (χ4n) is 9.60. The molecule has 0 radical (unpaired) electrons. The number of methoxy groups -OCH3 is 2. The number of fused-ring (bicyclic) bond motifs is 2. The molecule has 11 rings (SSSR count). The van der Waals surface area contributed by atoms with Gasteiger partial charge in [-0.25, -0.2) is 19.2 Å². The van der Waals surface area contributed by atoms with Gasteiger partial charge in [-0.2, -0.15) is 0 Å². The molecule has 1 saturated heterocycles. The number of hydrogen-bond acceptors (Lipinski definition) is 12. The number of amides is 8. The summed E-state index contributed by atoms with van der Waals surface area (Å²) in [4.78, 5) is 99.3. The highest BCUT2D eigenvalue weighted by Gasteiger charge is 2.52. The lowest BCUT2D eigenvalue weighted by molar-refractivity contribution is 0.00578. The fraction of sp³-hybridized carbons (Fsp3) is 0.172. The minimum atomic E-state index is -0.697. The molecule has 0 aliphatic carbocycles. The molecule has 0 unspecified atom stereocenters. The highest BCUT2D eigenvalue weighted by Crippen LogP contribution is 2.39. The van der Waals surface area contributed by atoms with E-state index >= 15 is 0 Å². The van der Waals surface area contributed by atoms with Crippen LogP contribution in [0.25, 0.3) is 54.2 Å². The molecule has 3 aliphatic heterocycles. The third-order valence-corrected chi connectivity index (χ3v) is 14.7. The molecule has 0 aromatic heterocycles. The quantitative estimate of drug-likeness (QED) is 0.0690. The summed E-state index contributed by atoms with van der Waals surface area (Å²) in [5.41, 5.74) is 14.8. The van der Waals surface area contributed by atoms with Gasteiger partial charge in [0.1, 0.15) is 0 Å². The molecule has 0 bridgehead atoms. The molecule has 3 heterocycles. The second kappa shape index (κ2) is 20.5. The van der Waals surface area contributed by atoms with Gasteiger partial charge in [-0.1, -0.05) is 58.4 Å². The highest BCUT2D eigenvalue weighted by molar-refractivity contribution is 9.10.